The number of ether oxygens (including phenoxy) is 4. The lowest BCUT2D eigenvalue weighted by atomic mass is 9.96. The first kappa shape index (κ1) is 21.3. The maximum atomic E-state index is 12.8. The Morgan fingerprint density at radius 2 is 1.39 bits per heavy atom. The summed E-state index contributed by atoms with van der Waals surface area (Å²) in [5.74, 6) is -0.0448. The Hall–Kier alpha value is -3.02. The number of Topliss-reactive ketones (excluding diaryl/α,β-unsaturated/α-hetero) is 1. The third-order valence-corrected chi connectivity index (χ3v) is 4.68. The molecule has 0 heterocycles. The molecule has 0 spiro atoms. The molecule has 2 aromatic carbocycles. The maximum Gasteiger partial charge on any atom is 0.342 e. The van der Waals surface area contributed by atoms with Crippen molar-refractivity contribution in [3.05, 3.63) is 52.1 Å². The smallest absolute Gasteiger partial charge is 0.342 e. The number of hydrogen-bond acceptors (Lipinski definition) is 6. The Bertz CT molecular complexity index is 900. The van der Waals surface area contributed by atoms with Gasteiger partial charge in [-0.05, 0) is 62.6 Å². The van der Waals surface area contributed by atoms with E-state index >= 15 is 0 Å². The normalized spacial score (nSPS) is 11.5. The molecule has 0 aliphatic carbocycles. The molecule has 0 N–H and O–H groups in total. The Morgan fingerprint density at radius 1 is 0.786 bits per heavy atom. The fourth-order valence-corrected chi connectivity index (χ4v) is 2.98. The van der Waals surface area contributed by atoms with Crippen molar-refractivity contribution in [3.63, 3.8) is 0 Å². The monoisotopic (exact) mass is 386 g/mol. The van der Waals surface area contributed by atoms with E-state index in [1.165, 1.54) is 27.4 Å². The van der Waals surface area contributed by atoms with Crippen molar-refractivity contribution in [3.8, 4) is 17.2 Å². The lowest BCUT2D eigenvalue weighted by Gasteiger charge is -2.18. The van der Waals surface area contributed by atoms with Crippen LogP contribution < -0.4 is 14.2 Å². The molecule has 0 aliphatic rings. The van der Waals surface area contributed by atoms with Gasteiger partial charge in [-0.2, -0.15) is 0 Å². The number of methoxy groups -OCH3 is 3. The highest BCUT2D eigenvalue weighted by Crippen LogP contribution is 2.40. The molecule has 1 atom stereocenters. The second-order valence-corrected chi connectivity index (χ2v) is 6.55. The van der Waals surface area contributed by atoms with Crippen LogP contribution >= 0.6 is 0 Å². The molecule has 0 bridgehead atoms. The quantitative estimate of drug-likeness (QED) is 0.528. The van der Waals surface area contributed by atoms with Gasteiger partial charge in [-0.1, -0.05) is 6.07 Å². The maximum absolute atomic E-state index is 12.8. The third kappa shape index (κ3) is 4.11. The van der Waals surface area contributed by atoms with Gasteiger partial charge >= 0.3 is 5.97 Å². The van der Waals surface area contributed by atoms with Crippen molar-refractivity contribution in [1.82, 2.24) is 0 Å². The van der Waals surface area contributed by atoms with Crippen LogP contribution in [0.5, 0.6) is 17.2 Å². The zero-order valence-corrected chi connectivity index (χ0v) is 17.3. The first-order chi connectivity index (χ1) is 13.2. The standard InChI is InChI=1S/C22H26O6/c1-12-10-14(3)17(11-13(12)2)19(23)15(4)28-22(24)16-8-9-18(25-5)21(27-7)20(16)26-6/h8-11,15H,1-7H3/t15-/m0/s1. The fraction of sp³-hybridized carbons (Fsp3) is 0.364. The SMILES string of the molecule is COc1ccc(C(=O)O[C@@H](C)C(=O)c2cc(C)c(C)cc2C)c(OC)c1OC. The summed E-state index contributed by atoms with van der Waals surface area (Å²) in [5, 5.41) is 0. The van der Waals surface area contributed by atoms with Crippen molar-refractivity contribution in [2.24, 2.45) is 0 Å². The molecule has 0 fully saturated rings. The van der Waals surface area contributed by atoms with Gasteiger partial charge < -0.3 is 18.9 Å². The molecule has 0 saturated heterocycles. The first-order valence-corrected chi connectivity index (χ1v) is 8.87. The van der Waals surface area contributed by atoms with Crippen LogP contribution in [-0.2, 0) is 4.74 Å². The van der Waals surface area contributed by atoms with Gasteiger partial charge in [0.1, 0.15) is 5.56 Å². The molecule has 28 heavy (non-hydrogen) atoms. The van der Waals surface area contributed by atoms with E-state index in [0.717, 1.165) is 16.7 Å². The lowest BCUT2D eigenvalue weighted by Crippen LogP contribution is -2.25. The van der Waals surface area contributed by atoms with Crippen LogP contribution in [0, 0.1) is 20.8 Å². The van der Waals surface area contributed by atoms with E-state index < -0.39 is 12.1 Å². The number of esters is 1. The summed E-state index contributed by atoms with van der Waals surface area (Å²) in [4.78, 5) is 25.5. The molecule has 2 rings (SSSR count). The van der Waals surface area contributed by atoms with Gasteiger partial charge in [0.05, 0.1) is 21.3 Å². The summed E-state index contributed by atoms with van der Waals surface area (Å²) in [6.07, 6.45) is -0.953. The van der Waals surface area contributed by atoms with Gasteiger partial charge in [-0.15, -0.1) is 0 Å². The van der Waals surface area contributed by atoms with Crippen LogP contribution in [0.2, 0.25) is 0 Å². The summed E-state index contributed by atoms with van der Waals surface area (Å²) in [7, 11) is 4.35. The molecule has 0 radical (unpaired) electrons. The zero-order chi connectivity index (χ0) is 21.0. The molecule has 0 saturated carbocycles. The summed E-state index contributed by atoms with van der Waals surface area (Å²) in [6, 6.07) is 6.88. The van der Waals surface area contributed by atoms with E-state index in [-0.39, 0.29) is 22.8 Å². The average Bonchev–Trinajstić information content (AvgIpc) is 2.68. The topological polar surface area (TPSA) is 71.1 Å². The number of carbonyl (C=O) groups is 2. The Balaban J connectivity index is 2.30. The van der Waals surface area contributed by atoms with Crippen LogP contribution in [0.3, 0.4) is 0 Å². The van der Waals surface area contributed by atoms with Gasteiger partial charge in [0, 0.05) is 5.56 Å². The summed E-state index contributed by atoms with van der Waals surface area (Å²) >= 11 is 0. The van der Waals surface area contributed by atoms with Gasteiger partial charge in [-0.3, -0.25) is 4.79 Å². The third-order valence-electron chi connectivity index (χ3n) is 4.68. The Morgan fingerprint density at radius 3 is 1.96 bits per heavy atom. The van der Waals surface area contributed by atoms with E-state index in [0.29, 0.717) is 11.3 Å². The van der Waals surface area contributed by atoms with Crippen molar-refractivity contribution in [2.45, 2.75) is 33.8 Å². The van der Waals surface area contributed by atoms with Crippen LogP contribution in [0.1, 0.15) is 44.3 Å². The van der Waals surface area contributed by atoms with E-state index in [1.807, 2.05) is 32.9 Å². The number of benzene rings is 2. The highest BCUT2D eigenvalue weighted by atomic mass is 16.6. The molecular weight excluding hydrogens is 360 g/mol. The second kappa shape index (κ2) is 8.78. The summed E-state index contributed by atoms with van der Waals surface area (Å²) < 4.78 is 21.2. The number of carbonyl (C=O) groups excluding carboxylic acids is 2. The molecule has 6 heteroatoms. The van der Waals surface area contributed by atoms with Crippen molar-refractivity contribution < 1.29 is 28.5 Å². The van der Waals surface area contributed by atoms with E-state index in [4.69, 9.17) is 18.9 Å². The predicted molar refractivity (Wildman–Crippen MR) is 106 cm³/mol. The largest absolute Gasteiger partial charge is 0.493 e. The van der Waals surface area contributed by atoms with E-state index in [2.05, 4.69) is 0 Å². The average molecular weight is 386 g/mol. The van der Waals surface area contributed by atoms with Gasteiger partial charge in [0.25, 0.3) is 0 Å². The molecule has 0 aromatic heterocycles. The van der Waals surface area contributed by atoms with Crippen LogP contribution in [0.15, 0.2) is 24.3 Å². The molecule has 0 amide bonds. The minimum Gasteiger partial charge on any atom is -0.493 e. The number of ketones is 1. The van der Waals surface area contributed by atoms with Crippen LogP contribution in [-0.4, -0.2) is 39.2 Å². The molecule has 0 unspecified atom stereocenters. The van der Waals surface area contributed by atoms with E-state index in [1.54, 1.807) is 13.0 Å². The van der Waals surface area contributed by atoms with Crippen LogP contribution in [0.25, 0.3) is 0 Å². The van der Waals surface area contributed by atoms with Crippen molar-refractivity contribution in [2.75, 3.05) is 21.3 Å². The minimum absolute atomic E-state index is 0.150. The molecule has 150 valence electrons. The highest BCUT2D eigenvalue weighted by molar-refractivity contribution is 6.03. The number of rotatable bonds is 7. The van der Waals surface area contributed by atoms with Crippen molar-refractivity contribution in [1.29, 1.82) is 0 Å². The molecule has 2 aromatic rings. The van der Waals surface area contributed by atoms with Gasteiger partial charge in [-0.25, -0.2) is 4.79 Å². The predicted octanol–water partition coefficient (Wildman–Crippen LogP) is 4.07. The Kier molecular flexibility index (Phi) is 6.67. The van der Waals surface area contributed by atoms with E-state index in [9.17, 15) is 9.59 Å². The second-order valence-electron chi connectivity index (χ2n) is 6.55. The van der Waals surface area contributed by atoms with Gasteiger partial charge in [0.15, 0.2) is 17.6 Å². The first-order valence-electron chi connectivity index (χ1n) is 8.87. The Labute approximate surface area is 165 Å². The molecule has 0 aliphatic heterocycles. The summed E-state index contributed by atoms with van der Waals surface area (Å²) in [6.45, 7) is 7.35. The molecular formula is C22H26O6. The van der Waals surface area contributed by atoms with Gasteiger partial charge in [0.2, 0.25) is 11.5 Å². The molecule has 6 nitrogen and oxygen atoms in total. The van der Waals surface area contributed by atoms with Crippen molar-refractivity contribution >= 4 is 11.8 Å². The highest BCUT2D eigenvalue weighted by Gasteiger charge is 2.26. The lowest BCUT2D eigenvalue weighted by molar-refractivity contribution is 0.0315. The number of aryl methyl sites for hydroxylation is 3. The number of hydrogen-bond donors (Lipinski definition) is 0. The van der Waals surface area contributed by atoms with Crippen LogP contribution in [0.4, 0.5) is 0 Å². The fourth-order valence-electron chi connectivity index (χ4n) is 2.98. The summed E-state index contributed by atoms with van der Waals surface area (Å²) in [5.41, 5.74) is 3.65. The zero-order valence-electron chi connectivity index (χ0n) is 17.3. The minimum atomic E-state index is -0.953.